The van der Waals surface area contributed by atoms with E-state index in [9.17, 15) is 4.79 Å². The smallest absolute Gasteiger partial charge is 0.272 e. The number of methoxy groups -OCH3 is 1. The molecule has 4 N–H and O–H groups in total. The molecule has 0 unspecified atom stereocenters. The highest BCUT2D eigenvalue weighted by atomic mass is 16.5. The number of pyridine rings is 1. The van der Waals surface area contributed by atoms with Crippen molar-refractivity contribution in [2.45, 2.75) is 26.2 Å². The number of nitrogen functional groups attached to an aromatic ring is 1. The van der Waals surface area contributed by atoms with Crippen LogP contribution in [0.25, 0.3) is 10.9 Å². The van der Waals surface area contributed by atoms with Gasteiger partial charge in [-0.2, -0.15) is 0 Å². The molecule has 0 aliphatic rings. The maximum absolute atomic E-state index is 12.7. The van der Waals surface area contributed by atoms with Crippen molar-refractivity contribution >= 4 is 28.3 Å². The summed E-state index contributed by atoms with van der Waals surface area (Å²) in [6.07, 6.45) is 0. The van der Waals surface area contributed by atoms with Crippen LogP contribution in [0.3, 0.4) is 0 Å². The molecule has 130 valence electrons. The number of nitrogens with one attached hydrogen (secondary N) is 2. The standard InChI is InChI=1S/C19H22N4O2/c1-19(2,3)15-10-13(16(25-4)17(20)23-15)22-18(24)14-9-11-7-5-6-8-12(11)21-14/h5-10,21H,1-4H3,(H3,20,22,23,24). The maximum Gasteiger partial charge on any atom is 0.272 e. The number of para-hydroxylation sites is 1. The lowest BCUT2D eigenvalue weighted by atomic mass is 9.91. The molecule has 2 heterocycles. The zero-order valence-electron chi connectivity index (χ0n) is 14.8. The predicted molar refractivity (Wildman–Crippen MR) is 100 cm³/mol. The van der Waals surface area contributed by atoms with Gasteiger partial charge in [-0.15, -0.1) is 0 Å². The van der Waals surface area contributed by atoms with Crippen molar-refractivity contribution in [3.63, 3.8) is 0 Å². The monoisotopic (exact) mass is 338 g/mol. The van der Waals surface area contributed by atoms with Gasteiger partial charge in [-0.1, -0.05) is 39.0 Å². The van der Waals surface area contributed by atoms with E-state index in [1.807, 2.05) is 51.1 Å². The molecule has 0 fully saturated rings. The summed E-state index contributed by atoms with van der Waals surface area (Å²) in [5, 5.41) is 3.85. The fourth-order valence-corrected chi connectivity index (χ4v) is 2.63. The number of anilines is 2. The van der Waals surface area contributed by atoms with E-state index in [0.29, 0.717) is 17.1 Å². The summed E-state index contributed by atoms with van der Waals surface area (Å²) in [6, 6.07) is 11.3. The van der Waals surface area contributed by atoms with Gasteiger partial charge in [-0.3, -0.25) is 4.79 Å². The summed E-state index contributed by atoms with van der Waals surface area (Å²) in [6.45, 7) is 6.10. The minimum Gasteiger partial charge on any atom is -0.491 e. The van der Waals surface area contributed by atoms with E-state index in [-0.39, 0.29) is 17.1 Å². The Kier molecular flexibility index (Phi) is 4.12. The number of aromatic nitrogens is 2. The molecule has 6 nitrogen and oxygen atoms in total. The second-order valence-electron chi connectivity index (χ2n) is 6.95. The number of hydrogen-bond acceptors (Lipinski definition) is 4. The van der Waals surface area contributed by atoms with Crippen LogP contribution in [0.15, 0.2) is 36.4 Å². The van der Waals surface area contributed by atoms with Crippen LogP contribution in [0.2, 0.25) is 0 Å². The van der Waals surface area contributed by atoms with Crippen molar-refractivity contribution in [2.75, 3.05) is 18.2 Å². The van der Waals surface area contributed by atoms with E-state index in [1.165, 1.54) is 7.11 Å². The van der Waals surface area contributed by atoms with Gasteiger partial charge in [0.2, 0.25) is 0 Å². The molecule has 3 rings (SSSR count). The molecule has 1 amide bonds. The average molecular weight is 338 g/mol. The van der Waals surface area contributed by atoms with Crippen LogP contribution in [0, 0.1) is 0 Å². The second kappa shape index (κ2) is 6.12. The zero-order valence-corrected chi connectivity index (χ0v) is 14.8. The van der Waals surface area contributed by atoms with Crippen LogP contribution < -0.4 is 15.8 Å². The lowest BCUT2D eigenvalue weighted by molar-refractivity contribution is 0.102. The van der Waals surface area contributed by atoms with Gasteiger partial charge in [0, 0.05) is 16.3 Å². The van der Waals surface area contributed by atoms with Crippen molar-refractivity contribution in [3.8, 4) is 5.75 Å². The molecule has 1 aromatic carbocycles. The predicted octanol–water partition coefficient (Wildman–Crippen LogP) is 3.70. The molecule has 0 aliphatic heterocycles. The lowest BCUT2D eigenvalue weighted by Crippen LogP contribution is -2.18. The first-order valence-electron chi connectivity index (χ1n) is 8.03. The van der Waals surface area contributed by atoms with Gasteiger partial charge < -0.3 is 20.8 Å². The van der Waals surface area contributed by atoms with Crippen LogP contribution >= 0.6 is 0 Å². The Labute approximate surface area is 146 Å². The maximum atomic E-state index is 12.7. The van der Waals surface area contributed by atoms with Crippen LogP contribution in [-0.2, 0) is 5.41 Å². The van der Waals surface area contributed by atoms with Gasteiger partial charge >= 0.3 is 0 Å². The Balaban J connectivity index is 1.98. The number of carbonyl (C=O) groups is 1. The number of nitrogens with two attached hydrogens (primary N) is 1. The van der Waals surface area contributed by atoms with Gasteiger partial charge in [-0.05, 0) is 18.2 Å². The molecule has 0 spiro atoms. The third kappa shape index (κ3) is 3.28. The summed E-state index contributed by atoms with van der Waals surface area (Å²) >= 11 is 0. The summed E-state index contributed by atoms with van der Waals surface area (Å²) in [7, 11) is 1.50. The summed E-state index contributed by atoms with van der Waals surface area (Å²) < 4.78 is 5.33. The van der Waals surface area contributed by atoms with E-state index in [2.05, 4.69) is 15.3 Å². The molecular weight excluding hydrogens is 316 g/mol. The van der Waals surface area contributed by atoms with Crippen LogP contribution in [0.5, 0.6) is 5.75 Å². The molecule has 0 atom stereocenters. The van der Waals surface area contributed by atoms with Crippen LogP contribution in [0.4, 0.5) is 11.5 Å². The number of hydrogen-bond donors (Lipinski definition) is 3. The fraction of sp³-hybridized carbons (Fsp3) is 0.263. The molecule has 0 saturated carbocycles. The first-order chi connectivity index (χ1) is 11.8. The molecule has 0 saturated heterocycles. The molecule has 0 bridgehead atoms. The number of nitrogens with zero attached hydrogens (tertiary/aromatic N) is 1. The molecular formula is C19H22N4O2. The molecule has 0 aliphatic carbocycles. The highest BCUT2D eigenvalue weighted by molar-refractivity contribution is 6.06. The number of aromatic amines is 1. The highest BCUT2D eigenvalue weighted by Crippen LogP contribution is 2.34. The summed E-state index contributed by atoms with van der Waals surface area (Å²) in [4.78, 5) is 20.2. The van der Waals surface area contributed by atoms with E-state index < -0.39 is 0 Å². The topological polar surface area (TPSA) is 93.0 Å². The van der Waals surface area contributed by atoms with Crippen molar-refractivity contribution in [2.24, 2.45) is 0 Å². The number of carbonyl (C=O) groups excluding carboxylic acids is 1. The van der Waals surface area contributed by atoms with Crippen LogP contribution in [0.1, 0.15) is 37.0 Å². The fourth-order valence-electron chi connectivity index (χ4n) is 2.63. The van der Waals surface area contributed by atoms with Crippen LogP contribution in [-0.4, -0.2) is 23.0 Å². The number of fused-ring (bicyclic) bond motifs is 1. The van der Waals surface area contributed by atoms with Crippen molar-refractivity contribution in [3.05, 3.63) is 47.8 Å². The zero-order chi connectivity index (χ0) is 18.2. The Morgan fingerprint density at radius 3 is 2.60 bits per heavy atom. The SMILES string of the molecule is COc1c(NC(=O)c2cc3ccccc3[nH]2)cc(C(C)(C)C)nc1N. The first kappa shape index (κ1) is 16.8. The van der Waals surface area contributed by atoms with Crippen molar-refractivity contribution < 1.29 is 9.53 Å². The van der Waals surface area contributed by atoms with Gasteiger partial charge in [0.1, 0.15) is 5.69 Å². The normalized spacial score (nSPS) is 11.5. The largest absolute Gasteiger partial charge is 0.491 e. The number of benzene rings is 1. The van der Waals surface area contributed by atoms with E-state index in [0.717, 1.165) is 16.6 Å². The Morgan fingerprint density at radius 1 is 1.24 bits per heavy atom. The molecule has 0 radical (unpaired) electrons. The number of amides is 1. The van der Waals surface area contributed by atoms with E-state index in [4.69, 9.17) is 10.5 Å². The number of H-pyrrole nitrogens is 1. The minimum atomic E-state index is -0.264. The first-order valence-corrected chi connectivity index (χ1v) is 8.03. The summed E-state index contributed by atoms with van der Waals surface area (Å²) in [5.41, 5.74) is 8.46. The number of ether oxygens (including phenoxy) is 1. The molecule has 3 aromatic rings. The molecule has 2 aromatic heterocycles. The van der Waals surface area contributed by atoms with Crippen molar-refractivity contribution in [1.82, 2.24) is 9.97 Å². The Bertz CT molecular complexity index is 905. The van der Waals surface area contributed by atoms with Gasteiger partial charge in [0.05, 0.1) is 18.5 Å². The lowest BCUT2D eigenvalue weighted by Gasteiger charge is -2.21. The average Bonchev–Trinajstić information content (AvgIpc) is 2.98. The third-order valence-electron chi connectivity index (χ3n) is 3.99. The van der Waals surface area contributed by atoms with Gasteiger partial charge in [0.15, 0.2) is 11.6 Å². The third-order valence-corrected chi connectivity index (χ3v) is 3.99. The van der Waals surface area contributed by atoms with Gasteiger partial charge in [0.25, 0.3) is 5.91 Å². The highest BCUT2D eigenvalue weighted by Gasteiger charge is 2.22. The number of rotatable bonds is 3. The van der Waals surface area contributed by atoms with Crippen molar-refractivity contribution in [1.29, 1.82) is 0 Å². The van der Waals surface area contributed by atoms with E-state index >= 15 is 0 Å². The Morgan fingerprint density at radius 2 is 1.96 bits per heavy atom. The minimum absolute atomic E-state index is 0.207. The molecule has 25 heavy (non-hydrogen) atoms. The molecule has 6 heteroatoms. The quantitative estimate of drug-likeness (QED) is 0.679. The van der Waals surface area contributed by atoms with Gasteiger partial charge in [-0.25, -0.2) is 4.98 Å². The van der Waals surface area contributed by atoms with E-state index in [1.54, 1.807) is 6.07 Å². The summed E-state index contributed by atoms with van der Waals surface area (Å²) in [5.74, 6) is 0.347. The Hall–Kier alpha value is -3.02. The second-order valence-corrected chi connectivity index (χ2v) is 6.95.